The molecule has 3 heteroatoms. The van der Waals surface area contributed by atoms with Crippen molar-refractivity contribution < 1.29 is 4.79 Å². The van der Waals surface area contributed by atoms with Gasteiger partial charge in [-0.3, -0.25) is 4.79 Å². The Labute approximate surface area is 115 Å². The van der Waals surface area contributed by atoms with E-state index in [1.807, 2.05) is 26.0 Å². The molecule has 104 valence electrons. The summed E-state index contributed by atoms with van der Waals surface area (Å²) in [4.78, 5) is 12.2. The van der Waals surface area contributed by atoms with Crippen molar-refractivity contribution in [1.82, 2.24) is 10.6 Å². The molecule has 1 aromatic rings. The van der Waals surface area contributed by atoms with Gasteiger partial charge >= 0.3 is 0 Å². The molecule has 1 saturated heterocycles. The van der Waals surface area contributed by atoms with Gasteiger partial charge in [-0.2, -0.15) is 0 Å². The molecule has 1 aromatic carbocycles. The van der Waals surface area contributed by atoms with Crippen molar-refractivity contribution in [2.45, 2.75) is 33.6 Å². The monoisotopic (exact) mass is 260 g/mol. The molecule has 1 atom stereocenters. The van der Waals surface area contributed by atoms with Crippen LogP contribution in [-0.4, -0.2) is 25.5 Å². The number of benzene rings is 1. The minimum Gasteiger partial charge on any atom is -0.351 e. The zero-order valence-corrected chi connectivity index (χ0v) is 12.2. The number of aryl methyl sites for hydroxylation is 2. The van der Waals surface area contributed by atoms with Crippen molar-refractivity contribution in [3.05, 3.63) is 34.9 Å². The molecule has 0 aromatic heterocycles. The molecule has 0 aliphatic carbocycles. The standard InChI is InChI=1S/C16H24N2O/c1-12-5-6-14(13(2)9-12)15(19)18-11-16(3)7-4-8-17-10-16/h5-6,9,17H,4,7-8,10-11H2,1-3H3,(H,18,19). The van der Waals surface area contributed by atoms with Crippen molar-refractivity contribution in [3.8, 4) is 0 Å². The van der Waals surface area contributed by atoms with Crippen LogP contribution >= 0.6 is 0 Å². The van der Waals surface area contributed by atoms with E-state index in [1.165, 1.54) is 18.4 Å². The smallest absolute Gasteiger partial charge is 0.251 e. The first-order chi connectivity index (χ1) is 9.00. The average Bonchev–Trinajstić information content (AvgIpc) is 2.37. The maximum atomic E-state index is 12.2. The Morgan fingerprint density at radius 1 is 1.42 bits per heavy atom. The van der Waals surface area contributed by atoms with Gasteiger partial charge in [-0.15, -0.1) is 0 Å². The topological polar surface area (TPSA) is 41.1 Å². The van der Waals surface area contributed by atoms with Crippen LogP contribution < -0.4 is 10.6 Å². The fraction of sp³-hybridized carbons (Fsp3) is 0.562. The highest BCUT2D eigenvalue weighted by atomic mass is 16.1. The normalized spacial score (nSPS) is 23.1. The lowest BCUT2D eigenvalue weighted by atomic mass is 9.82. The lowest BCUT2D eigenvalue weighted by Gasteiger charge is -2.34. The summed E-state index contributed by atoms with van der Waals surface area (Å²) in [5.41, 5.74) is 3.21. The Bertz CT molecular complexity index is 462. The number of hydrogen-bond donors (Lipinski definition) is 2. The van der Waals surface area contributed by atoms with Crippen LogP contribution in [0.15, 0.2) is 18.2 Å². The first-order valence-corrected chi connectivity index (χ1v) is 7.06. The zero-order valence-electron chi connectivity index (χ0n) is 12.2. The van der Waals surface area contributed by atoms with Crippen molar-refractivity contribution >= 4 is 5.91 Å². The number of piperidine rings is 1. The van der Waals surface area contributed by atoms with Gasteiger partial charge in [-0.05, 0) is 50.3 Å². The first-order valence-electron chi connectivity index (χ1n) is 7.06. The molecule has 0 bridgehead atoms. The minimum atomic E-state index is 0.0456. The Balaban J connectivity index is 1.97. The summed E-state index contributed by atoms with van der Waals surface area (Å²) in [6.45, 7) is 9.10. The number of rotatable bonds is 3. The molecule has 1 fully saturated rings. The molecular weight excluding hydrogens is 236 g/mol. The number of amides is 1. The quantitative estimate of drug-likeness (QED) is 0.876. The van der Waals surface area contributed by atoms with E-state index < -0.39 is 0 Å². The zero-order chi connectivity index (χ0) is 13.9. The summed E-state index contributed by atoms with van der Waals surface area (Å²) < 4.78 is 0. The van der Waals surface area contributed by atoms with Crippen LogP contribution in [0.2, 0.25) is 0 Å². The largest absolute Gasteiger partial charge is 0.351 e. The van der Waals surface area contributed by atoms with E-state index in [0.717, 1.165) is 30.8 Å². The van der Waals surface area contributed by atoms with Crippen LogP contribution in [0.4, 0.5) is 0 Å². The molecule has 1 amide bonds. The third kappa shape index (κ3) is 3.57. The summed E-state index contributed by atoms with van der Waals surface area (Å²) in [6, 6.07) is 5.96. The Kier molecular flexibility index (Phi) is 4.25. The summed E-state index contributed by atoms with van der Waals surface area (Å²) in [7, 11) is 0. The number of carbonyl (C=O) groups excluding carboxylic acids is 1. The Morgan fingerprint density at radius 2 is 2.21 bits per heavy atom. The molecule has 1 aliphatic heterocycles. The van der Waals surface area contributed by atoms with Gasteiger partial charge in [0.25, 0.3) is 5.91 Å². The fourth-order valence-corrected chi connectivity index (χ4v) is 2.73. The molecule has 0 radical (unpaired) electrons. The van der Waals surface area contributed by atoms with Gasteiger partial charge in [-0.25, -0.2) is 0 Å². The van der Waals surface area contributed by atoms with E-state index in [2.05, 4.69) is 23.6 Å². The number of nitrogens with one attached hydrogen (secondary N) is 2. The van der Waals surface area contributed by atoms with Crippen LogP contribution in [0.5, 0.6) is 0 Å². The molecule has 3 nitrogen and oxygen atoms in total. The molecule has 2 rings (SSSR count). The van der Waals surface area contributed by atoms with Crippen molar-refractivity contribution in [2.75, 3.05) is 19.6 Å². The van der Waals surface area contributed by atoms with Gasteiger partial charge in [0.1, 0.15) is 0 Å². The van der Waals surface area contributed by atoms with Crippen LogP contribution in [-0.2, 0) is 0 Å². The van der Waals surface area contributed by atoms with Gasteiger partial charge in [0.15, 0.2) is 0 Å². The predicted molar refractivity (Wildman–Crippen MR) is 78.5 cm³/mol. The highest BCUT2D eigenvalue weighted by Crippen LogP contribution is 2.24. The molecule has 1 unspecified atom stereocenters. The van der Waals surface area contributed by atoms with Crippen LogP contribution in [0.1, 0.15) is 41.3 Å². The van der Waals surface area contributed by atoms with Crippen molar-refractivity contribution in [1.29, 1.82) is 0 Å². The van der Waals surface area contributed by atoms with Crippen LogP contribution in [0.3, 0.4) is 0 Å². The lowest BCUT2D eigenvalue weighted by Crippen LogP contribution is -2.45. The van der Waals surface area contributed by atoms with E-state index >= 15 is 0 Å². The van der Waals surface area contributed by atoms with Gasteiger partial charge < -0.3 is 10.6 Å². The van der Waals surface area contributed by atoms with Crippen LogP contribution in [0.25, 0.3) is 0 Å². The second-order valence-electron chi connectivity index (χ2n) is 6.09. The van der Waals surface area contributed by atoms with E-state index in [0.29, 0.717) is 0 Å². The maximum absolute atomic E-state index is 12.2. The highest BCUT2D eigenvalue weighted by Gasteiger charge is 2.27. The molecule has 19 heavy (non-hydrogen) atoms. The van der Waals surface area contributed by atoms with E-state index in [1.54, 1.807) is 0 Å². The summed E-state index contributed by atoms with van der Waals surface area (Å²) in [6.07, 6.45) is 2.36. The molecule has 1 heterocycles. The molecule has 0 saturated carbocycles. The molecule has 1 aliphatic rings. The number of carbonyl (C=O) groups is 1. The van der Waals surface area contributed by atoms with Gasteiger partial charge in [0.05, 0.1) is 0 Å². The SMILES string of the molecule is Cc1ccc(C(=O)NCC2(C)CCCNC2)c(C)c1. The van der Waals surface area contributed by atoms with Crippen molar-refractivity contribution in [3.63, 3.8) is 0 Å². The average molecular weight is 260 g/mol. The third-order valence-electron chi connectivity index (χ3n) is 3.99. The molecular formula is C16H24N2O. The number of hydrogen-bond acceptors (Lipinski definition) is 2. The second-order valence-corrected chi connectivity index (χ2v) is 6.09. The Hall–Kier alpha value is -1.35. The minimum absolute atomic E-state index is 0.0456. The van der Waals surface area contributed by atoms with Gasteiger partial charge in [-0.1, -0.05) is 24.6 Å². The lowest BCUT2D eigenvalue weighted by molar-refractivity contribution is 0.0924. The Morgan fingerprint density at radius 3 is 2.84 bits per heavy atom. The van der Waals surface area contributed by atoms with E-state index in [9.17, 15) is 4.79 Å². The maximum Gasteiger partial charge on any atom is 0.251 e. The van der Waals surface area contributed by atoms with E-state index in [4.69, 9.17) is 0 Å². The van der Waals surface area contributed by atoms with E-state index in [-0.39, 0.29) is 11.3 Å². The van der Waals surface area contributed by atoms with Crippen molar-refractivity contribution in [2.24, 2.45) is 5.41 Å². The van der Waals surface area contributed by atoms with Crippen LogP contribution in [0, 0.1) is 19.3 Å². The van der Waals surface area contributed by atoms with Gasteiger partial charge in [0, 0.05) is 18.7 Å². The van der Waals surface area contributed by atoms with Gasteiger partial charge in [0.2, 0.25) is 0 Å². The highest BCUT2D eigenvalue weighted by molar-refractivity contribution is 5.95. The second kappa shape index (κ2) is 5.74. The molecule has 2 N–H and O–H groups in total. The predicted octanol–water partition coefficient (Wildman–Crippen LogP) is 2.42. The summed E-state index contributed by atoms with van der Waals surface area (Å²) >= 11 is 0. The fourth-order valence-electron chi connectivity index (χ4n) is 2.73. The summed E-state index contributed by atoms with van der Waals surface area (Å²) in [5.74, 6) is 0.0456. The first kappa shape index (κ1) is 14.1. The summed E-state index contributed by atoms with van der Waals surface area (Å²) in [5, 5.41) is 6.50. The third-order valence-corrected chi connectivity index (χ3v) is 3.99. The molecule has 0 spiro atoms.